The molecule has 6 nitrogen and oxygen atoms in total. The highest BCUT2D eigenvalue weighted by molar-refractivity contribution is 7.91. The van der Waals surface area contributed by atoms with Crippen LogP contribution >= 0.6 is 0 Å². The molecule has 2 heterocycles. The van der Waals surface area contributed by atoms with Crippen LogP contribution in [0, 0.1) is 0 Å². The lowest BCUT2D eigenvalue weighted by Crippen LogP contribution is -2.25. The second-order valence-electron chi connectivity index (χ2n) is 4.44. The van der Waals surface area contributed by atoms with Crippen LogP contribution in [0.1, 0.15) is 18.2 Å². The highest BCUT2D eigenvalue weighted by Gasteiger charge is 2.35. The number of nitrogens with zero attached hydrogens (tertiary/aromatic N) is 1. The first-order valence-electron chi connectivity index (χ1n) is 5.64. The third-order valence-electron chi connectivity index (χ3n) is 3.30. The van der Waals surface area contributed by atoms with Gasteiger partial charge in [-0.05, 0) is 25.0 Å². The summed E-state index contributed by atoms with van der Waals surface area (Å²) in [6.07, 6.45) is 0.948. The van der Waals surface area contributed by atoms with Crippen molar-refractivity contribution in [3.8, 4) is 5.75 Å². The molecule has 0 saturated carbocycles. The number of phenolic OH excluding ortho intramolecular Hbond substituents is 1. The van der Waals surface area contributed by atoms with Gasteiger partial charge in [-0.25, -0.2) is 13.2 Å². The summed E-state index contributed by atoms with van der Waals surface area (Å²) in [5, 5.41) is 8.95. The number of H-pyrrole nitrogens is 1. The second kappa shape index (κ2) is 3.61. The van der Waals surface area contributed by atoms with Gasteiger partial charge in [0.15, 0.2) is 9.84 Å². The van der Waals surface area contributed by atoms with Gasteiger partial charge in [-0.3, -0.25) is 4.57 Å². The molecule has 0 aliphatic carbocycles. The Labute approximate surface area is 103 Å². The van der Waals surface area contributed by atoms with Crippen molar-refractivity contribution in [1.29, 1.82) is 0 Å². The van der Waals surface area contributed by atoms with Crippen LogP contribution in [-0.4, -0.2) is 28.8 Å². The van der Waals surface area contributed by atoms with Crippen LogP contribution in [0.3, 0.4) is 0 Å². The van der Waals surface area contributed by atoms with E-state index in [0.717, 1.165) is 4.57 Å². The Balaban J connectivity index is 2.36. The zero-order valence-corrected chi connectivity index (χ0v) is 10.3. The summed E-state index contributed by atoms with van der Waals surface area (Å²) in [4.78, 5) is 14.5. The number of phenols is 1. The van der Waals surface area contributed by atoms with Gasteiger partial charge in [0.05, 0.1) is 11.3 Å². The summed E-state index contributed by atoms with van der Waals surface area (Å²) < 4.78 is 25.0. The van der Waals surface area contributed by atoms with E-state index in [2.05, 4.69) is 4.98 Å². The lowest BCUT2D eigenvalue weighted by Gasteiger charge is -2.11. The van der Waals surface area contributed by atoms with Gasteiger partial charge in [-0.2, -0.15) is 0 Å². The van der Waals surface area contributed by atoms with Crippen molar-refractivity contribution < 1.29 is 13.5 Å². The first kappa shape index (κ1) is 11.3. The molecule has 0 bridgehead atoms. The molecule has 1 saturated heterocycles. The summed E-state index contributed by atoms with van der Waals surface area (Å²) in [6, 6.07) is 4.67. The fraction of sp³-hybridized carbons (Fsp3) is 0.364. The molecule has 0 spiro atoms. The number of hydrogen-bond donors (Lipinski definition) is 2. The Kier molecular flexibility index (Phi) is 2.28. The topological polar surface area (TPSA) is 92.2 Å². The van der Waals surface area contributed by atoms with Crippen molar-refractivity contribution in [3.63, 3.8) is 0 Å². The Morgan fingerprint density at radius 3 is 2.83 bits per heavy atom. The molecular formula is C11H12N2O4S. The Bertz CT molecular complexity index is 772. The van der Waals surface area contributed by atoms with Crippen LogP contribution in [0.15, 0.2) is 23.0 Å². The monoisotopic (exact) mass is 268 g/mol. The van der Waals surface area contributed by atoms with Crippen molar-refractivity contribution in [2.45, 2.75) is 18.2 Å². The fourth-order valence-electron chi connectivity index (χ4n) is 2.50. The summed E-state index contributed by atoms with van der Waals surface area (Å²) in [5.41, 5.74) is 0.210. The van der Waals surface area contributed by atoms with E-state index in [-0.39, 0.29) is 17.0 Å². The maximum Gasteiger partial charge on any atom is 0.327 e. The second-order valence-corrected chi connectivity index (χ2v) is 6.72. The Hall–Kier alpha value is -1.76. The van der Waals surface area contributed by atoms with Gasteiger partial charge in [0, 0.05) is 0 Å². The molecule has 0 radical (unpaired) electrons. The van der Waals surface area contributed by atoms with Gasteiger partial charge in [-0.15, -0.1) is 0 Å². The molecule has 2 aromatic rings. The molecule has 1 aliphatic rings. The lowest BCUT2D eigenvalue weighted by molar-refractivity contribution is 0.475. The summed E-state index contributed by atoms with van der Waals surface area (Å²) in [5.74, 6) is -0.00219. The number of hydrogen-bond acceptors (Lipinski definition) is 4. The number of aromatic hydroxyl groups is 1. The highest BCUT2D eigenvalue weighted by atomic mass is 32.2. The van der Waals surface area contributed by atoms with E-state index >= 15 is 0 Å². The molecule has 7 heteroatoms. The van der Waals surface area contributed by atoms with E-state index in [1.54, 1.807) is 12.1 Å². The number of fused-ring (bicyclic) bond motifs is 1. The fourth-order valence-corrected chi connectivity index (χ4v) is 4.39. The molecule has 96 valence electrons. The molecular weight excluding hydrogens is 256 g/mol. The van der Waals surface area contributed by atoms with Gasteiger partial charge in [0.25, 0.3) is 0 Å². The minimum atomic E-state index is -3.31. The maximum absolute atomic E-state index is 11.9. The third kappa shape index (κ3) is 1.47. The van der Waals surface area contributed by atoms with Crippen molar-refractivity contribution in [2.75, 3.05) is 5.75 Å². The van der Waals surface area contributed by atoms with Crippen LogP contribution in [0.2, 0.25) is 0 Å². The number of aromatic nitrogens is 2. The van der Waals surface area contributed by atoms with E-state index < -0.39 is 20.9 Å². The maximum atomic E-state index is 11.9. The number of benzene rings is 1. The van der Waals surface area contributed by atoms with Gasteiger partial charge in [-0.1, -0.05) is 6.07 Å². The minimum Gasteiger partial charge on any atom is -0.506 e. The van der Waals surface area contributed by atoms with Gasteiger partial charge < -0.3 is 10.1 Å². The predicted molar refractivity (Wildman–Crippen MR) is 66.3 cm³/mol. The predicted octanol–water partition coefficient (Wildman–Crippen LogP) is 0.742. The minimum absolute atomic E-state index is 0.0877. The largest absolute Gasteiger partial charge is 0.506 e. The zero-order valence-electron chi connectivity index (χ0n) is 9.46. The van der Waals surface area contributed by atoms with E-state index in [1.165, 1.54) is 6.07 Å². The quantitative estimate of drug-likeness (QED) is 0.798. The smallest absolute Gasteiger partial charge is 0.327 e. The van der Waals surface area contributed by atoms with E-state index in [9.17, 15) is 18.3 Å². The SMILES string of the molecule is O=c1[nH]c2cccc(O)c2n1C1CCCS1(=O)=O. The molecule has 1 unspecified atom stereocenters. The molecule has 1 aliphatic heterocycles. The van der Waals surface area contributed by atoms with Crippen molar-refractivity contribution >= 4 is 20.9 Å². The van der Waals surface area contributed by atoms with Gasteiger partial charge >= 0.3 is 5.69 Å². The molecule has 1 aromatic carbocycles. The van der Waals surface area contributed by atoms with Crippen LogP contribution in [0.25, 0.3) is 11.0 Å². The van der Waals surface area contributed by atoms with E-state index in [4.69, 9.17) is 0 Å². The lowest BCUT2D eigenvalue weighted by atomic mass is 10.3. The Morgan fingerprint density at radius 2 is 2.17 bits per heavy atom. The molecule has 0 amide bonds. The third-order valence-corrected chi connectivity index (χ3v) is 5.43. The molecule has 2 N–H and O–H groups in total. The number of para-hydroxylation sites is 1. The van der Waals surface area contributed by atoms with Crippen LogP contribution in [0.4, 0.5) is 0 Å². The highest BCUT2D eigenvalue weighted by Crippen LogP contribution is 2.33. The van der Waals surface area contributed by atoms with E-state index in [1.807, 2.05) is 0 Å². The number of imidazole rings is 1. The van der Waals surface area contributed by atoms with Crippen LogP contribution < -0.4 is 5.69 Å². The van der Waals surface area contributed by atoms with Gasteiger partial charge in [0.2, 0.25) is 0 Å². The number of rotatable bonds is 1. The summed E-state index contributed by atoms with van der Waals surface area (Å²) in [6.45, 7) is 0. The summed E-state index contributed by atoms with van der Waals surface area (Å²) >= 11 is 0. The normalized spacial score (nSPS) is 22.6. The van der Waals surface area contributed by atoms with Crippen LogP contribution in [-0.2, 0) is 9.84 Å². The molecule has 3 rings (SSSR count). The van der Waals surface area contributed by atoms with Crippen molar-refractivity contribution in [3.05, 3.63) is 28.7 Å². The van der Waals surface area contributed by atoms with Gasteiger partial charge in [0.1, 0.15) is 16.6 Å². The molecule has 1 fully saturated rings. The molecule has 18 heavy (non-hydrogen) atoms. The number of nitrogens with one attached hydrogen (secondary N) is 1. The average molecular weight is 268 g/mol. The Morgan fingerprint density at radius 1 is 1.39 bits per heavy atom. The first-order chi connectivity index (χ1) is 8.50. The molecule has 1 aromatic heterocycles. The summed E-state index contributed by atoms with van der Waals surface area (Å²) in [7, 11) is -3.31. The number of sulfone groups is 1. The zero-order chi connectivity index (χ0) is 12.9. The average Bonchev–Trinajstić information content (AvgIpc) is 2.78. The standard InChI is InChI=1S/C11H12N2O4S/c14-8-4-1-3-7-10(8)13(11(15)12-7)9-5-2-6-18(9,16)17/h1,3-4,9,14H,2,5-6H2,(H,12,15). The van der Waals surface area contributed by atoms with Crippen LogP contribution in [0.5, 0.6) is 5.75 Å². The van der Waals surface area contributed by atoms with E-state index in [0.29, 0.717) is 18.4 Å². The van der Waals surface area contributed by atoms with Crippen molar-refractivity contribution in [1.82, 2.24) is 9.55 Å². The number of aromatic amines is 1. The first-order valence-corrected chi connectivity index (χ1v) is 7.36. The molecule has 1 atom stereocenters. The van der Waals surface area contributed by atoms with Crippen molar-refractivity contribution in [2.24, 2.45) is 0 Å².